The van der Waals surface area contributed by atoms with Crippen LogP contribution in [0.1, 0.15) is 29.3 Å². The van der Waals surface area contributed by atoms with Crippen molar-refractivity contribution < 1.29 is 24.2 Å². The number of rotatable bonds is 7. The van der Waals surface area contributed by atoms with Gasteiger partial charge in [-0.1, -0.05) is 18.2 Å². The fraction of sp³-hybridized carbons (Fsp3) is 0.400. The molecule has 1 aromatic carbocycles. The van der Waals surface area contributed by atoms with Crippen molar-refractivity contribution in [1.29, 1.82) is 0 Å². The number of hydrogen-bond acceptors (Lipinski definition) is 5. The standard InChI is InChI=1S/C20H23FN2O4S/c21-14-7-5-13(6-8-14)16-4-1-11-23(16)20(27)18(25)17(24)19(26)22-10-9-15-3-2-12-28-15/h2-3,5-8,12,16-18,24-25H,1,4,9-11H2,(H,22,26)/t16?,17-,18-/m1/s1. The lowest BCUT2D eigenvalue weighted by molar-refractivity contribution is -0.153. The molecule has 0 saturated carbocycles. The van der Waals surface area contributed by atoms with E-state index in [1.54, 1.807) is 23.5 Å². The molecule has 1 saturated heterocycles. The molecule has 1 unspecified atom stereocenters. The van der Waals surface area contributed by atoms with E-state index in [-0.39, 0.29) is 11.9 Å². The SMILES string of the molecule is O=C(NCCc1cccs1)[C@H](O)[C@@H](O)C(=O)N1CCCC1c1ccc(F)cc1. The van der Waals surface area contributed by atoms with Gasteiger partial charge in [0.15, 0.2) is 12.2 Å². The number of carbonyl (C=O) groups is 2. The molecule has 28 heavy (non-hydrogen) atoms. The van der Waals surface area contributed by atoms with Gasteiger partial charge in [0.2, 0.25) is 0 Å². The Bertz CT molecular complexity index is 797. The topological polar surface area (TPSA) is 89.9 Å². The number of hydrogen-bond donors (Lipinski definition) is 3. The van der Waals surface area contributed by atoms with Gasteiger partial charge in [-0.25, -0.2) is 4.39 Å². The third kappa shape index (κ3) is 4.76. The number of carbonyl (C=O) groups excluding carboxylic acids is 2. The summed E-state index contributed by atoms with van der Waals surface area (Å²) in [4.78, 5) is 27.3. The lowest BCUT2D eigenvalue weighted by atomic mass is 10.0. The molecule has 1 aliphatic rings. The molecule has 0 radical (unpaired) electrons. The predicted molar refractivity (Wildman–Crippen MR) is 103 cm³/mol. The van der Waals surface area contributed by atoms with E-state index in [9.17, 15) is 24.2 Å². The fourth-order valence-electron chi connectivity index (χ4n) is 3.38. The number of nitrogens with zero attached hydrogens (tertiary/aromatic N) is 1. The van der Waals surface area contributed by atoms with E-state index >= 15 is 0 Å². The number of amides is 2. The maximum atomic E-state index is 13.1. The number of aliphatic hydroxyl groups is 2. The van der Waals surface area contributed by atoms with Gasteiger partial charge >= 0.3 is 0 Å². The van der Waals surface area contributed by atoms with Crippen LogP contribution in [0.2, 0.25) is 0 Å². The molecule has 2 amide bonds. The van der Waals surface area contributed by atoms with E-state index in [0.29, 0.717) is 25.9 Å². The Morgan fingerprint density at radius 2 is 1.96 bits per heavy atom. The second-order valence-corrected chi connectivity index (χ2v) is 7.78. The van der Waals surface area contributed by atoms with Crippen molar-refractivity contribution >= 4 is 23.2 Å². The summed E-state index contributed by atoms with van der Waals surface area (Å²) in [6.45, 7) is 0.712. The zero-order valence-corrected chi connectivity index (χ0v) is 16.1. The van der Waals surface area contributed by atoms with E-state index in [2.05, 4.69) is 5.32 Å². The summed E-state index contributed by atoms with van der Waals surface area (Å²) in [5, 5.41) is 24.8. The highest BCUT2D eigenvalue weighted by Crippen LogP contribution is 2.32. The number of aliphatic hydroxyl groups excluding tert-OH is 2. The summed E-state index contributed by atoms with van der Waals surface area (Å²) in [7, 11) is 0. The lowest BCUT2D eigenvalue weighted by Gasteiger charge is -2.28. The Hall–Kier alpha value is -2.29. The van der Waals surface area contributed by atoms with Crippen LogP contribution in [0.3, 0.4) is 0 Å². The van der Waals surface area contributed by atoms with Crippen LogP contribution in [-0.2, 0) is 16.0 Å². The van der Waals surface area contributed by atoms with Crippen molar-refractivity contribution in [3.8, 4) is 0 Å². The third-order valence-corrected chi connectivity index (χ3v) is 5.80. The van der Waals surface area contributed by atoms with E-state index in [0.717, 1.165) is 16.9 Å². The van der Waals surface area contributed by atoms with Crippen LogP contribution >= 0.6 is 11.3 Å². The normalized spacial score (nSPS) is 18.7. The molecular weight excluding hydrogens is 383 g/mol. The first-order valence-electron chi connectivity index (χ1n) is 9.19. The number of nitrogens with one attached hydrogen (secondary N) is 1. The number of benzene rings is 1. The summed E-state index contributed by atoms with van der Waals surface area (Å²) >= 11 is 1.56. The monoisotopic (exact) mass is 406 g/mol. The van der Waals surface area contributed by atoms with Gasteiger partial charge in [0.25, 0.3) is 11.8 Å². The largest absolute Gasteiger partial charge is 0.380 e. The zero-order valence-electron chi connectivity index (χ0n) is 15.3. The quantitative estimate of drug-likeness (QED) is 0.652. The van der Waals surface area contributed by atoms with Gasteiger partial charge in [0, 0.05) is 18.0 Å². The third-order valence-electron chi connectivity index (χ3n) is 4.86. The van der Waals surface area contributed by atoms with E-state index in [1.807, 2.05) is 17.5 Å². The van der Waals surface area contributed by atoms with Gasteiger partial charge in [-0.3, -0.25) is 9.59 Å². The highest BCUT2D eigenvalue weighted by atomic mass is 32.1. The molecule has 8 heteroatoms. The minimum absolute atomic E-state index is 0.305. The Kier molecular flexibility index (Phi) is 6.77. The molecule has 0 aliphatic carbocycles. The first-order chi connectivity index (χ1) is 13.5. The van der Waals surface area contributed by atoms with Gasteiger partial charge in [-0.2, -0.15) is 0 Å². The maximum absolute atomic E-state index is 13.1. The van der Waals surface area contributed by atoms with Crippen LogP contribution in [0.5, 0.6) is 0 Å². The van der Waals surface area contributed by atoms with Crippen LogP contribution in [-0.4, -0.2) is 52.2 Å². The van der Waals surface area contributed by atoms with Gasteiger partial charge in [-0.05, 0) is 48.4 Å². The van der Waals surface area contributed by atoms with Gasteiger partial charge < -0.3 is 20.4 Å². The molecule has 1 aromatic heterocycles. The minimum Gasteiger partial charge on any atom is -0.380 e. The van der Waals surface area contributed by atoms with Gasteiger partial charge in [-0.15, -0.1) is 11.3 Å². The summed E-state index contributed by atoms with van der Waals surface area (Å²) in [5.74, 6) is -1.85. The maximum Gasteiger partial charge on any atom is 0.255 e. The molecule has 1 aliphatic heterocycles. The Morgan fingerprint density at radius 1 is 1.21 bits per heavy atom. The van der Waals surface area contributed by atoms with Gasteiger partial charge in [0.05, 0.1) is 6.04 Å². The molecule has 3 atom stereocenters. The van der Waals surface area contributed by atoms with Gasteiger partial charge in [0.1, 0.15) is 5.82 Å². The molecule has 0 spiro atoms. The Morgan fingerprint density at radius 3 is 2.64 bits per heavy atom. The second-order valence-electron chi connectivity index (χ2n) is 6.75. The van der Waals surface area contributed by atoms with Crippen LogP contribution in [0, 0.1) is 5.82 Å². The molecule has 2 aromatic rings. The number of halogens is 1. The summed E-state index contributed by atoms with van der Waals surface area (Å²) < 4.78 is 13.1. The van der Waals surface area contributed by atoms with Crippen LogP contribution in [0.15, 0.2) is 41.8 Å². The van der Waals surface area contributed by atoms with Crippen LogP contribution in [0.25, 0.3) is 0 Å². The highest BCUT2D eigenvalue weighted by Gasteiger charge is 2.38. The molecule has 150 valence electrons. The van der Waals surface area contributed by atoms with Crippen molar-refractivity contribution in [1.82, 2.24) is 10.2 Å². The van der Waals surface area contributed by atoms with Crippen molar-refractivity contribution in [3.05, 3.63) is 58.0 Å². The van der Waals surface area contributed by atoms with E-state index in [4.69, 9.17) is 0 Å². The van der Waals surface area contributed by atoms with Crippen LogP contribution in [0.4, 0.5) is 4.39 Å². The van der Waals surface area contributed by atoms with Crippen molar-refractivity contribution in [2.45, 2.75) is 37.5 Å². The summed E-state index contributed by atoms with van der Waals surface area (Å²) in [6, 6.07) is 9.39. The molecule has 3 rings (SSSR count). The number of likely N-dealkylation sites (tertiary alicyclic amines) is 1. The predicted octanol–water partition coefficient (Wildman–Crippen LogP) is 1.63. The fourth-order valence-corrected chi connectivity index (χ4v) is 4.09. The molecular formula is C20H23FN2O4S. The average molecular weight is 406 g/mol. The smallest absolute Gasteiger partial charge is 0.255 e. The van der Waals surface area contributed by atoms with Crippen molar-refractivity contribution in [2.24, 2.45) is 0 Å². The van der Waals surface area contributed by atoms with Crippen LogP contribution < -0.4 is 5.32 Å². The highest BCUT2D eigenvalue weighted by molar-refractivity contribution is 7.09. The molecule has 3 N–H and O–H groups in total. The lowest BCUT2D eigenvalue weighted by Crippen LogP contribution is -2.50. The molecule has 1 fully saturated rings. The van der Waals surface area contributed by atoms with E-state index in [1.165, 1.54) is 17.0 Å². The van der Waals surface area contributed by atoms with Crippen molar-refractivity contribution in [3.63, 3.8) is 0 Å². The minimum atomic E-state index is -1.84. The van der Waals surface area contributed by atoms with Crippen molar-refractivity contribution in [2.75, 3.05) is 13.1 Å². The summed E-state index contributed by atoms with van der Waals surface area (Å²) in [5.41, 5.74) is 0.759. The first kappa shape index (κ1) is 20.4. The molecule has 6 nitrogen and oxygen atoms in total. The zero-order chi connectivity index (χ0) is 20.1. The average Bonchev–Trinajstić information content (AvgIpc) is 3.38. The molecule has 0 bridgehead atoms. The number of thiophene rings is 1. The van der Waals surface area contributed by atoms with E-state index < -0.39 is 24.0 Å². The second kappa shape index (κ2) is 9.27. The Balaban J connectivity index is 1.57. The summed E-state index contributed by atoms with van der Waals surface area (Å²) in [6.07, 6.45) is -1.68. The molecule has 2 heterocycles. The Labute approximate surface area is 166 Å². The first-order valence-corrected chi connectivity index (χ1v) is 10.1.